The average Bonchev–Trinajstić information content (AvgIpc) is 3.40. The molecule has 2 aromatic rings. The van der Waals surface area contributed by atoms with Crippen molar-refractivity contribution in [2.24, 2.45) is 4.99 Å². The van der Waals surface area contributed by atoms with E-state index in [4.69, 9.17) is 4.74 Å². The van der Waals surface area contributed by atoms with Gasteiger partial charge in [-0.1, -0.05) is 5.16 Å². The van der Waals surface area contributed by atoms with E-state index in [-0.39, 0.29) is 0 Å². The highest BCUT2D eigenvalue weighted by Gasteiger charge is 1.92. The largest absolute Gasteiger partial charge is 0.482 e. The molecule has 0 amide bonds. The Balaban J connectivity index is 0.000000133. The second kappa shape index (κ2) is 13.2. The fraction of sp³-hybridized carbons (Fsp3) is 0.417. The molecule has 0 radical (unpaired) electrons. The van der Waals surface area contributed by atoms with Crippen molar-refractivity contribution in [1.29, 1.82) is 0 Å². The maximum atomic E-state index is 4.83. The summed E-state index contributed by atoms with van der Waals surface area (Å²) >= 11 is 0. The maximum Gasteiger partial charge on any atom is 0.180 e. The van der Waals surface area contributed by atoms with Gasteiger partial charge in [-0.15, -0.1) is 0 Å². The van der Waals surface area contributed by atoms with Gasteiger partial charge in [0.25, 0.3) is 0 Å². The van der Waals surface area contributed by atoms with E-state index in [1.54, 1.807) is 18.5 Å². The van der Waals surface area contributed by atoms with Gasteiger partial charge in [-0.05, 0) is 6.07 Å². The van der Waals surface area contributed by atoms with Crippen molar-refractivity contribution < 1.29 is 18.4 Å². The predicted molar refractivity (Wildman–Crippen MR) is 71.1 cm³/mol. The Kier molecular flexibility index (Phi) is 10.5. The molecule has 0 aromatic carbocycles. The Labute approximate surface area is 116 Å². The zero-order valence-electron chi connectivity index (χ0n) is 11.1. The molecule has 0 saturated carbocycles. The van der Waals surface area contributed by atoms with Crippen LogP contribution in [0.2, 0.25) is 0 Å². The van der Waals surface area contributed by atoms with Gasteiger partial charge < -0.3 is 18.4 Å². The Morgan fingerprint density at radius 1 is 1.10 bits per heavy atom. The van der Waals surface area contributed by atoms with E-state index in [0.717, 1.165) is 33.0 Å². The van der Waals surface area contributed by atoms with E-state index in [0.29, 0.717) is 0 Å². The van der Waals surface area contributed by atoms with E-state index < -0.39 is 0 Å². The molecule has 110 valence electrons. The summed E-state index contributed by atoms with van der Waals surface area (Å²) in [4.78, 5) is 7.29. The minimum Gasteiger partial charge on any atom is -0.482 e. The van der Waals surface area contributed by atoms with E-state index in [2.05, 4.69) is 34.1 Å². The number of nitrogens with zero attached hydrogens (tertiary/aromatic N) is 3. The summed E-state index contributed by atoms with van der Waals surface area (Å²) in [7, 11) is 0. The molecule has 2 aliphatic heterocycles. The zero-order chi connectivity index (χ0) is 14.1. The summed E-state index contributed by atoms with van der Waals surface area (Å²) in [6.07, 6.45) is 9.06. The highest BCUT2D eigenvalue weighted by atomic mass is 16.5. The molecule has 8 nitrogen and oxygen atoms in total. The molecule has 1 N–H and O–H groups in total. The standard InChI is InChI=1S/C3H7NO.C3H5NO.2C3H3NO/c3*1-2-5-3-4-1;1-2-4-5-3-1/h4H,1-3H2;3H,1-2H2;2*1-3H. The lowest BCUT2D eigenvalue weighted by atomic mass is 10.7. The second-order valence-corrected chi connectivity index (χ2v) is 3.30. The highest BCUT2D eigenvalue weighted by Crippen LogP contribution is 1.78. The number of ether oxygens (including phenoxy) is 2. The van der Waals surface area contributed by atoms with Crippen molar-refractivity contribution in [2.75, 3.05) is 33.0 Å². The summed E-state index contributed by atoms with van der Waals surface area (Å²) in [5.41, 5.74) is 0. The van der Waals surface area contributed by atoms with Crippen LogP contribution in [0.25, 0.3) is 0 Å². The van der Waals surface area contributed by atoms with Crippen LogP contribution in [0.1, 0.15) is 0 Å². The highest BCUT2D eigenvalue weighted by molar-refractivity contribution is 5.47. The molecule has 1 saturated heterocycles. The number of hydrogen-bond acceptors (Lipinski definition) is 8. The second-order valence-electron chi connectivity index (χ2n) is 3.30. The topological polar surface area (TPSA) is 94.9 Å². The smallest absolute Gasteiger partial charge is 0.180 e. The molecule has 0 aliphatic carbocycles. The predicted octanol–water partition coefficient (Wildman–Crippen LogP) is 0.958. The van der Waals surface area contributed by atoms with Crippen LogP contribution in [0.15, 0.2) is 51.3 Å². The lowest BCUT2D eigenvalue weighted by Gasteiger charge is -1.76. The van der Waals surface area contributed by atoms with Crippen molar-refractivity contribution in [2.45, 2.75) is 0 Å². The molecule has 1 fully saturated rings. The molecule has 0 spiro atoms. The lowest BCUT2D eigenvalue weighted by Crippen LogP contribution is -2.05. The van der Waals surface area contributed by atoms with Crippen molar-refractivity contribution >= 4 is 6.40 Å². The van der Waals surface area contributed by atoms with Crippen molar-refractivity contribution in [3.63, 3.8) is 0 Å². The van der Waals surface area contributed by atoms with E-state index in [1.165, 1.54) is 25.3 Å². The molecule has 0 bridgehead atoms. The minimum atomic E-state index is 0.750. The van der Waals surface area contributed by atoms with Gasteiger partial charge in [0.05, 0.1) is 32.3 Å². The van der Waals surface area contributed by atoms with Gasteiger partial charge in [0, 0.05) is 6.54 Å². The third-order valence-corrected chi connectivity index (χ3v) is 1.81. The molecule has 0 unspecified atom stereocenters. The Bertz CT molecular complexity index is 313. The van der Waals surface area contributed by atoms with Gasteiger partial charge in [-0.25, -0.2) is 4.98 Å². The Morgan fingerprint density at radius 2 is 2.10 bits per heavy atom. The number of aliphatic imine (C=N–C) groups is 1. The van der Waals surface area contributed by atoms with Gasteiger partial charge in [0.15, 0.2) is 12.8 Å². The van der Waals surface area contributed by atoms with E-state index in [1.807, 2.05) is 0 Å². The van der Waals surface area contributed by atoms with Crippen LogP contribution in [0.4, 0.5) is 0 Å². The van der Waals surface area contributed by atoms with E-state index >= 15 is 0 Å². The summed E-state index contributed by atoms with van der Waals surface area (Å²) < 4.78 is 18.3. The fourth-order valence-electron chi connectivity index (χ4n) is 0.976. The Hall–Kier alpha value is -2.19. The normalized spacial score (nSPS) is 14.8. The molecule has 4 rings (SSSR count). The molecule has 0 atom stereocenters. The molecular formula is C12H18N4O4. The van der Waals surface area contributed by atoms with Crippen LogP contribution in [-0.4, -0.2) is 49.6 Å². The van der Waals surface area contributed by atoms with Crippen molar-refractivity contribution in [1.82, 2.24) is 15.5 Å². The first-order valence-corrected chi connectivity index (χ1v) is 6.05. The third-order valence-electron chi connectivity index (χ3n) is 1.81. The van der Waals surface area contributed by atoms with Crippen LogP contribution in [0, 0.1) is 0 Å². The molecule has 20 heavy (non-hydrogen) atoms. The van der Waals surface area contributed by atoms with Crippen molar-refractivity contribution in [3.05, 3.63) is 37.4 Å². The van der Waals surface area contributed by atoms with E-state index in [9.17, 15) is 0 Å². The van der Waals surface area contributed by atoms with Crippen LogP contribution >= 0.6 is 0 Å². The summed E-state index contributed by atoms with van der Waals surface area (Å²) in [5.74, 6) is 0. The van der Waals surface area contributed by atoms with Gasteiger partial charge in [-0.2, -0.15) is 0 Å². The van der Waals surface area contributed by atoms with Gasteiger partial charge in [0.1, 0.15) is 19.1 Å². The molecule has 2 aromatic heterocycles. The van der Waals surface area contributed by atoms with Crippen LogP contribution in [0.5, 0.6) is 0 Å². The number of oxazole rings is 1. The first kappa shape index (κ1) is 15.9. The molecule has 8 heteroatoms. The summed E-state index contributed by atoms with van der Waals surface area (Å²) in [6.45, 7) is 4.29. The first-order chi connectivity index (χ1) is 10.0. The van der Waals surface area contributed by atoms with Gasteiger partial charge in [-0.3, -0.25) is 10.3 Å². The van der Waals surface area contributed by atoms with Crippen LogP contribution < -0.4 is 5.32 Å². The van der Waals surface area contributed by atoms with Gasteiger partial charge in [0.2, 0.25) is 0 Å². The van der Waals surface area contributed by atoms with Crippen LogP contribution in [0.3, 0.4) is 0 Å². The SMILES string of the molecule is C1=NCCO1.C1COCN1.c1cnoc1.c1cocn1. The molecule has 2 aliphatic rings. The quantitative estimate of drug-likeness (QED) is 0.768. The Morgan fingerprint density at radius 3 is 2.30 bits per heavy atom. The number of hydrogen-bond donors (Lipinski definition) is 1. The third kappa shape index (κ3) is 10.9. The van der Waals surface area contributed by atoms with Crippen LogP contribution in [-0.2, 0) is 9.47 Å². The summed E-state index contributed by atoms with van der Waals surface area (Å²) in [5, 5.41) is 6.35. The number of nitrogens with one attached hydrogen (secondary N) is 1. The van der Waals surface area contributed by atoms with Crippen molar-refractivity contribution in [3.8, 4) is 0 Å². The zero-order valence-corrected chi connectivity index (χ0v) is 11.1. The average molecular weight is 282 g/mol. The lowest BCUT2D eigenvalue weighted by molar-refractivity contribution is 0.194. The molecular weight excluding hydrogens is 264 g/mol. The fourth-order valence-corrected chi connectivity index (χ4v) is 0.976. The number of rotatable bonds is 0. The number of aromatic nitrogens is 2. The monoisotopic (exact) mass is 282 g/mol. The minimum absolute atomic E-state index is 0.750. The first-order valence-electron chi connectivity index (χ1n) is 6.05. The summed E-state index contributed by atoms with van der Waals surface area (Å²) in [6, 6.07) is 1.72. The maximum absolute atomic E-state index is 4.83. The molecule has 4 heterocycles. The van der Waals surface area contributed by atoms with Gasteiger partial charge >= 0.3 is 0 Å².